The molecule has 0 saturated heterocycles. The number of halogens is 1. The molecule has 0 unspecified atom stereocenters. The van der Waals surface area contributed by atoms with Crippen LogP contribution in [0.15, 0.2) is 57.0 Å². The maximum absolute atomic E-state index is 13.4. The van der Waals surface area contributed by atoms with E-state index in [-0.39, 0.29) is 23.8 Å². The van der Waals surface area contributed by atoms with Gasteiger partial charge in [0.25, 0.3) is 5.56 Å². The lowest BCUT2D eigenvalue weighted by Crippen LogP contribution is -2.27. The van der Waals surface area contributed by atoms with Crippen molar-refractivity contribution in [1.82, 2.24) is 24.6 Å². The second kappa shape index (κ2) is 9.62. The highest BCUT2D eigenvalue weighted by atomic mass is 35.5. The number of hydrogen-bond acceptors (Lipinski definition) is 6. The predicted octanol–water partition coefficient (Wildman–Crippen LogP) is 3.62. The first-order chi connectivity index (χ1) is 15.5. The minimum absolute atomic E-state index is 0.0987. The van der Waals surface area contributed by atoms with Crippen LogP contribution in [0.3, 0.4) is 0 Å². The van der Waals surface area contributed by atoms with Gasteiger partial charge in [-0.15, -0.1) is 0 Å². The van der Waals surface area contributed by atoms with Crippen LogP contribution in [0.1, 0.15) is 23.9 Å². The highest BCUT2D eigenvalue weighted by molar-refractivity contribution is 7.99. The monoisotopic (exact) mass is 471 g/mol. The molecule has 1 N–H and O–H groups in total. The molecule has 4 rings (SSSR count). The standard InChI is InChI=1S/C22H22ClN5O3S/c1-3-28-20-19(14(2)26-28)25-22(27(21(20)30)12-16-8-6-10-31-16)32-13-18(29)24-11-15-7-4-5-9-17(15)23/h4-10H,3,11-13H2,1-2H3,(H,24,29). The number of nitrogens with one attached hydrogen (secondary N) is 1. The fraction of sp³-hybridized carbons (Fsp3) is 0.273. The molecule has 32 heavy (non-hydrogen) atoms. The minimum atomic E-state index is -0.215. The average Bonchev–Trinajstić information content (AvgIpc) is 3.41. The number of benzene rings is 1. The Morgan fingerprint density at radius 2 is 2.06 bits per heavy atom. The van der Waals surface area contributed by atoms with Gasteiger partial charge in [0.15, 0.2) is 10.7 Å². The zero-order chi connectivity index (χ0) is 22.7. The number of amides is 1. The molecule has 4 aromatic rings. The topological polar surface area (TPSA) is 95.0 Å². The maximum atomic E-state index is 13.4. The fourth-order valence-corrected chi connectivity index (χ4v) is 4.37. The van der Waals surface area contributed by atoms with Crippen LogP contribution in [0.4, 0.5) is 0 Å². The van der Waals surface area contributed by atoms with Gasteiger partial charge in [-0.05, 0) is 37.6 Å². The zero-order valence-corrected chi connectivity index (χ0v) is 19.2. The van der Waals surface area contributed by atoms with Crippen molar-refractivity contribution in [2.45, 2.75) is 38.6 Å². The van der Waals surface area contributed by atoms with Crippen LogP contribution in [0.2, 0.25) is 5.02 Å². The van der Waals surface area contributed by atoms with Crippen molar-refractivity contribution in [1.29, 1.82) is 0 Å². The lowest BCUT2D eigenvalue weighted by atomic mass is 10.2. The summed E-state index contributed by atoms with van der Waals surface area (Å²) in [7, 11) is 0. The molecule has 0 atom stereocenters. The number of aromatic nitrogens is 4. The first-order valence-electron chi connectivity index (χ1n) is 10.1. The van der Waals surface area contributed by atoms with Crippen LogP contribution < -0.4 is 10.9 Å². The van der Waals surface area contributed by atoms with Crippen LogP contribution in [-0.4, -0.2) is 31.0 Å². The number of carbonyl (C=O) groups excluding carboxylic acids is 1. The molecule has 3 heterocycles. The molecule has 10 heteroatoms. The van der Waals surface area contributed by atoms with Crippen molar-refractivity contribution >= 4 is 40.3 Å². The van der Waals surface area contributed by atoms with Crippen LogP contribution >= 0.6 is 23.4 Å². The van der Waals surface area contributed by atoms with Gasteiger partial charge in [0, 0.05) is 18.1 Å². The summed E-state index contributed by atoms with van der Waals surface area (Å²) in [5.41, 5.74) is 2.29. The van der Waals surface area contributed by atoms with E-state index >= 15 is 0 Å². The molecule has 0 aliphatic rings. The number of fused-ring (bicyclic) bond motifs is 1. The van der Waals surface area contributed by atoms with Gasteiger partial charge in [-0.25, -0.2) is 4.98 Å². The van der Waals surface area contributed by atoms with Gasteiger partial charge in [-0.3, -0.25) is 18.8 Å². The van der Waals surface area contributed by atoms with Crippen LogP contribution in [0, 0.1) is 6.92 Å². The lowest BCUT2D eigenvalue weighted by molar-refractivity contribution is -0.118. The molecule has 3 aromatic heterocycles. The molecule has 1 aromatic carbocycles. The average molecular weight is 472 g/mol. The van der Waals surface area contributed by atoms with E-state index in [0.29, 0.717) is 45.8 Å². The third kappa shape index (κ3) is 4.58. The molecular weight excluding hydrogens is 450 g/mol. The summed E-state index contributed by atoms with van der Waals surface area (Å²) in [4.78, 5) is 30.5. The van der Waals surface area contributed by atoms with E-state index in [0.717, 1.165) is 5.56 Å². The Kier molecular flexibility index (Phi) is 6.66. The number of carbonyl (C=O) groups is 1. The van der Waals surface area contributed by atoms with E-state index in [1.165, 1.54) is 16.3 Å². The number of thioether (sulfide) groups is 1. The SMILES string of the molecule is CCn1nc(C)c2nc(SCC(=O)NCc3ccccc3Cl)n(Cc3ccco3)c(=O)c21. The van der Waals surface area contributed by atoms with Crippen molar-refractivity contribution in [3.05, 3.63) is 75.1 Å². The van der Waals surface area contributed by atoms with Gasteiger partial charge in [0.05, 0.1) is 24.3 Å². The molecule has 8 nitrogen and oxygen atoms in total. The van der Waals surface area contributed by atoms with E-state index < -0.39 is 0 Å². The largest absolute Gasteiger partial charge is 0.467 e. The van der Waals surface area contributed by atoms with Crippen LogP contribution in [0.5, 0.6) is 0 Å². The van der Waals surface area contributed by atoms with E-state index in [4.69, 9.17) is 16.0 Å². The smallest absolute Gasteiger partial charge is 0.280 e. The molecule has 0 aliphatic heterocycles. The highest BCUT2D eigenvalue weighted by Gasteiger charge is 2.19. The summed E-state index contributed by atoms with van der Waals surface area (Å²) in [6.45, 7) is 4.84. The van der Waals surface area contributed by atoms with Crippen LogP contribution in [-0.2, 0) is 24.4 Å². The number of rotatable bonds is 8. The summed E-state index contributed by atoms with van der Waals surface area (Å²) in [6.07, 6.45) is 1.56. The van der Waals surface area contributed by atoms with Crippen LogP contribution in [0.25, 0.3) is 11.0 Å². The Hall–Kier alpha value is -3.04. The van der Waals surface area contributed by atoms with Crippen molar-refractivity contribution in [2.75, 3.05) is 5.75 Å². The Morgan fingerprint density at radius 3 is 2.78 bits per heavy atom. The number of nitrogens with zero attached hydrogens (tertiary/aromatic N) is 4. The normalized spacial score (nSPS) is 11.2. The third-order valence-corrected chi connectivity index (χ3v) is 6.29. The molecule has 1 amide bonds. The van der Waals surface area contributed by atoms with Gasteiger partial charge in [-0.2, -0.15) is 5.10 Å². The van der Waals surface area contributed by atoms with E-state index in [1.54, 1.807) is 29.1 Å². The maximum Gasteiger partial charge on any atom is 0.280 e. The predicted molar refractivity (Wildman–Crippen MR) is 124 cm³/mol. The molecular formula is C22H22ClN5O3S. The summed E-state index contributed by atoms with van der Waals surface area (Å²) in [6, 6.07) is 10.9. The lowest BCUT2D eigenvalue weighted by Gasteiger charge is -2.12. The fourth-order valence-electron chi connectivity index (χ4n) is 3.34. The molecule has 0 saturated carbocycles. The molecule has 0 aliphatic carbocycles. The first-order valence-corrected chi connectivity index (χ1v) is 11.5. The second-order valence-electron chi connectivity index (χ2n) is 7.12. The molecule has 0 spiro atoms. The summed E-state index contributed by atoms with van der Waals surface area (Å²) in [5, 5.41) is 8.32. The minimum Gasteiger partial charge on any atom is -0.467 e. The van der Waals surface area contributed by atoms with Gasteiger partial charge in [0.2, 0.25) is 5.91 Å². The van der Waals surface area contributed by atoms with Crippen molar-refractivity contribution in [3.8, 4) is 0 Å². The molecule has 0 radical (unpaired) electrons. The highest BCUT2D eigenvalue weighted by Crippen LogP contribution is 2.21. The zero-order valence-electron chi connectivity index (χ0n) is 17.7. The summed E-state index contributed by atoms with van der Waals surface area (Å²) in [5.74, 6) is 0.536. The second-order valence-corrected chi connectivity index (χ2v) is 8.47. The Morgan fingerprint density at radius 1 is 1.25 bits per heavy atom. The van der Waals surface area contributed by atoms with Gasteiger partial charge >= 0.3 is 0 Å². The summed E-state index contributed by atoms with van der Waals surface area (Å²) < 4.78 is 8.62. The third-order valence-electron chi connectivity index (χ3n) is 4.94. The van der Waals surface area contributed by atoms with E-state index in [1.807, 2.05) is 32.0 Å². The quantitative estimate of drug-likeness (QED) is 0.311. The molecule has 0 fully saturated rings. The van der Waals surface area contributed by atoms with E-state index in [2.05, 4.69) is 15.4 Å². The van der Waals surface area contributed by atoms with Gasteiger partial charge < -0.3 is 9.73 Å². The first kappa shape index (κ1) is 22.2. The molecule has 0 bridgehead atoms. The van der Waals surface area contributed by atoms with E-state index in [9.17, 15) is 9.59 Å². The van der Waals surface area contributed by atoms with Crippen molar-refractivity contribution < 1.29 is 9.21 Å². The van der Waals surface area contributed by atoms with Crippen molar-refractivity contribution in [3.63, 3.8) is 0 Å². The van der Waals surface area contributed by atoms with Gasteiger partial charge in [0.1, 0.15) is 11.3 Å². The summed E-state index contributed by atoms with van der Waals surface area (Å²) >= 11 is 7.35. The Labute approximate surface area is 193 Å². The Bertz CT molecular complexity index is 1310. The number of furan rings is 1. The molecule has 166 valence electrons. The number of aryl methyl sites for hydroxylation is 2. The van der Waals surface area contributed by atoms with Gasteiger partial charge in [-0.1, -0.05) is 41.6 Å². The number of hydrogen-bond donors (Lipinski definition) is 1. The Balaban J connectivity index is 1.59. The van der Waals surface area contributed by atoms with Crippen molar-refractivity contribution in [2.24, 2.45) is 0 Å².